The zero-order chi connectivity index (χ0) is 15.4. The number of nitrogens with one attached hydrogen (secondary N) is 1. The van der Waals surface area contributed by atoms with Crippen molar-refractivity contribution in [1.29, 1.82) is 0 Å². The summed E-state index contributed by atoms with van der Waals surface area (Å²) in [5.41, 5.74) is 2.31. The van der Waals surface area contributed by atoms with Gasteiger partial charge in [0.2, 0.25) is 0 Å². The fourth-order valence-electron chi connectivity index (χ4n) is 2.95. The van der Waals surface area contributed by atoms with Gasteiger partial charge in [-0.2, -0.15) is 0 Å². The summed E-state index contributed by atoms with van der Waals surface area (Å²) in [6.07, 6.45) is 1.16. The van der Waals surface area contributed by atoms with Gasteiger partial charge in [0.25, 0.3) is 0 Å². The summed E-state index contributed by atoms with van der Waals surface area (Å²) in [4.78, 5) is 6.70. The second-order valence-corrected chi connectivity index (χ2v) is 5.68. The lowest BCUT2D eigenvalue weighted by Gasteiger charge is -2.21. The van der Waals surface area contributed by atoms with Gasteiger partial charge in [0, 0.05) is 32.1 Å². The number of guanidine groups is 1. The maximum Gasteiger partial charge on any atom is 0.194 e. The highest BCUT2D eigenvalue weighted by molar-refractivity contribution is 14.0. The second kappa shape index (κ2) is 8.33. The number of aliphatic imine (C=N–C) groups is 1. The first-order valence-corrected chi connectivity index (χ1v) is 7.69. The smallest absolute Gasteiger partial charge is 0.194 e. The first-order valence-electron chi connectivity index (χ1n) is 7.69. The van der Waals surface area contributed by atoms with Crippen LogP contribution < -0.4 is 5.32 Å². The fraction of sp³-hybridized carbons (Fsp3) is 0.412. The van der Waals surface area contributed by atoms with Gasteiger partial charge in [-0.1, -0.05) is 35.5 Å². The number of aryl methyl sites for hydroxylation is 1. The van der Waals surface area contributed by atoms with E-state index in [-0.39, 0.29) is 24.0 Å². The van der Waals surface area contributed by atoms with E-state index in [9.17, 15) is 0 Å². The maximum atomic E-state index is 5.23. The Morgan fingerprint density at radius 2 is 2.17 bits per heavy atom. The highest BCUT2D eigenvalue weighted by atomic mass is 127. The van der Waals surface area contributed by atoms with Crippen LogP contribution in [0.25, 0.3) is 0 Å². The van der Waals surface area contributed by atoms with E-state index in [4.69, 9.17) is 4.52 Å². The molecule has 2 heterocycles. The first kappa shape index (κ1) is 17.8. The van der Waals surface area contributed by atoms with E-state index < -0.39 is 0 Å². The molecule has 0 aliphatic carbocycles. The summed E-state index contributed by atoms with van der Waals surface area (Å²) in [6, 6.07) is 12.6. The monoisotopic (exact) mass is 426 g/mol. The summed E-state index contributed by atoms with van der Waals surface area (Å²) in [6.45, 7) is 4.56. The van der Waals surface area contributed by atoms with Crippen molar-refractivity contribution >= 4 is 29.9 Å². The molecule has 1 saturated heterocycles. The van der Waals surface area contributed by atoms with Crippen LogP contribution >= 0.6 is 24.0 Å². The molecule has 0 spiro atoms. The maximum absolute atomic E-state index is 5.23. The molecular weight excluding hydrogens is 403 g/mol. The van der Waals surface area contributed by atoms with Crippen LogP contribution in [0.4, 0.5) is 0 Å². The Labute approximate surface area is 154 Å². The van der Waals surface area contributed by atoms with E-state index in [2.05, 4.69) is 50.7 Å². The average molecular weight is 426 g/mol. The fourth-order valence-corrected chi connectivity index (χ4v) is 2.95. The lowest BCUT2D eigenvalue weighted by molar-refractivity contribution is 0.373. The van der Waals surface area contributed by atoms with Crippen LogP contribution in [0.15, 0.2) is 45.9 Å². The van der Waals surface area contributed by atoms with E-state index in [0.717, 1.165) is 36.9 Å². The quantitative estimate of drug-likeness (QED) is 0.466. The predicted octanol–water partition coefficient (Wildman–Crippen LogP) is 3.17. The van der Waals surface area contributed by atoms with Crippen LogP contribution in [-0.2, 0) is 6.54 Å². The first-order chi connectivity index (χ1) is 10.8. The molecule has 1 atom stereocenters. The lowest BCUT2D eigenvalue weighted by Crippen LogP contribution is -2.39. The van der Waals surface area contributed by atoms with Crippen molar-refractivity contribution in [2.75, 3.05) is 20.1 Å². The number of halogens is 1. The van der Waals surface area contributed by atoms with E-state index in [0.29, 0.717) is 12.5 Å². The molecule has 1 aromatic heterocycles. The zero-order valence-corrected chi connectivity index (χ0v) is 15.9. The van der Waals surface area contributed by atoms with Gasteiger partial charge in [-0.05, 0) is 18.9 Å². The number of benzene rings is 1. The second-order valence-electron chi connectivity index (χ2n) is 5.68. The Hall–Kier alpha value is -1.57. The Kier molecular flexibility index (Phi) is 6.44. The van der Waals surface area contributed by atoms with Crippen LogP contribution in [-0.4, -0.2) is 36.2 Å². The minimum atomic E-state index is 0. The molecule has 3 rings (SSSR count). The predicted molar refractivity (Wildman–Crippen MR) is 102 cm³/mol. The van der Waals surface area contributed by atoms with Gasteiger partial charge in [0.15, 0.2) is 11.7 Å². The molecule has 1 unspecified atom stereocenters. The highest BCUT2D eigenvalue weighted by Gasteiger charge is 2.25. The molecule has 124 valence electrons. The van der Waals surface area contributed by atoms with Crippen LogP contribution in [0.3, 0.4) is 0 Å². The number of aromatic nitrogens is 1. The highest BCUT2D eigenvalue weighted by Crippen LogP contribution is 2.26. The molecule has 0 radical (unpaired) electrons. The van der Waals surface area contributed by atoms with E-state index in [1.54, 1.807) is 0 Å². The van der Waals surface area contributed by atoms with E-state index >= 15 is 0 Å². The third-order valence-electron chi connectivity index (χ3n) is 4.07. The van der Waals surface area contributed by atoms with Gasteiger partial charge >= 0.3 is 0 Å². The average Bonchev–Trinajstić information content (AvgIpc) is 3.18. The SMILES string of the molecule is CN=C(NCc1cc(C)no1)N1CCC(c2ccccc2)C1.I. The van der Waals surface area contributed by atoms with Gasteiger partial charge in [-0.15, -0.1) is 24.0 Å². The molecular formula is C17H23IN4O. The zero-order valence-electron chi connectivity index (χ0n) is 13.5. The van der Waals surface area contributed by atoms with Gasteiger partial charge in [0.1, 0.15) is 0 Å². The number of nitrogens with zero attached hydrogens (tertiary/aromatic N) is 3. The molecule has 23 heavy (non-hydrogen) atoms. The molecule has 1 aliphatic heterocycles. The summed E-state index contributed by atoms with van der Waals surface area (Å²) in [7, 11) is 1.82. The van der Waals surface area contributed by atoms with Crippen molar-refractivity contribution < 1.29 is 4.52 Å². The number of rotatable bonds is 3. The standard InChI is InChI=1S/C17H22N4O.HI/c1-13-10-16(22-20-13)11-19-17(18-2)21-9-8-15(12-21)14-6-4-3-5-7-14;/h3-7,10,15H,8-9,11-12H2,1-2H3,(H,18,19);1H. The minimum Gasteiger partial charge on any atom is -0.359 e. The van der Waals surface area contributed by atoms with Crippen molar-refractivity contribution in [3.05, 3.63) is 53.4 Å². The summed E-state index contributed by atoms with van der Waals surface area (Å²) in [5.74, 6) is 2.33. The summed E-state index contributed by atoms with van der Waals surface area (Å²) >= 11 is 0. The van der Waals surface area contributed by atoms with Gasteiger partial charge in [-0.25, -0.2) is 0 Å². The molecule has 2 aromatic rings. The molecule has 5 nitrogen and oxygen atoms in total. The van der Waals surface area contributed by atoms with E-state index in [1.807, 2.05) is 20.0 Å². The van der Waals surface area contributed by atoms with Crippen molar-refractivity contribution in [2.45, 2.75) is 25.8 Å². The van der Waals surface area contributed by atoms with Crippen LogP contribution in [0.5, 0.6) is 0 Å². The molecule has 0 bridgehead atoms. The molecule has 0 amide bonds. The van der Waals surface area contributed by atoms with Crippen molar-refractivity contribution in [1.82, 2.24) is 15.4 Å². The summed E-state index contributed by atoms with van der Waals surface area (Å²) in [5, 5.41) is 7.26. The van der Waals surface area contributed by atoms with Crippen molar-refractivity contribution in [3.63, 3.8) is 0 Å². The molecule has 1 aliphatic rings. The largest absolute Gasteiger partial charge is 0.359 e. The Morgan fingerprint density at radius 1 is 1.39 bits per heavy atom. The van der Waals surface area contributed by atoms with Crippen molar-refractivity contribution in [2.24, 2.45) is 4.99 Å². The topological polar surface area (TPSA) is 53.7 Å². The van der Waals surface area contributed by atoms with Gasteiger partial charge in [-0.3, -0.25) is 4.99 Å². The minimum absolute atomic E-state index is 0. The molecule has 1 aromatic carbocycles. The number of hydrogen-bond donors (Lipinski definition) is 1. The normalized spacial score (nSPS) is 17.9. The molecule has 1 fully saturated rings. The summed E-state index contributed by atoms with van der Waals surface area (Å²) < 4.78 is 5.23. The Bertz CT molecular complexity index is 641. The number of hydrogen-bond acceptors (Lipinski definition) is 3. The Morgan fingerprint density at radius 3 is 2.83 bits per heavy atom. The Balaban J connectivity index is 0.00000192. The van der Waals surface area contributed by atoms with Crippen LogP contribution in [0, 0.1) is 6.92 Å². The third kappa shape index (κ3) is 4.46. The molecule has 1 N–H and O–H groups in total. The van der Waals surface area contributed by atoms with Crippen LogP contribution in [0.1, 0.15) is 29.4 Å². The van der Waals surface area contributed by atoms with Gasteiger partial charge < -0.3 is 14.7 Å². The van der Waals surface area contributed by atoms with Gasteiger partial charge in [0.05, 0.1) is 12.2 Å². The van der Waals surface area contributed by atoms with Crippen LogP contribution in [0.2, 0.25) is 0 Å². The van der Waals surface area contributed by atoms with Crippen molar-refractivity contribution in [3.8, 4) is 0 Å². The molecule has 6 heteroatoms. The molecule has 0 saturated carbocycles. The lowest BCUT2D eigenvalue weighted by atomic mass is 9.99. The number of likely N-dealkylation sites (tertiary alicyclic amines) is 1. The third-order valence-corrected chi connectivity index (χ3v) is 4.07. The van der Waals surface area contributed by atoms with E-state index in [1.165, 1.54) is 5.56 Å².